The van der Waals surface area contributed by atoms with E-state index in [1.165, 1.54) is 18.7 Å². The molecular weight excluding hydrogens is 344 g/mol. The average Bonchev–Trinajstić information content (AvgIpc) is 2.47. The lowest BCUT2D eigenvalue weighted by molar-refractivity contribution is -0.152. The van der Waals surface area contributed by atoms with Crippen LogP contribution in [-0.2, 0) is 6.18 Å². The highest BCUT2D eigenvalue weighted by molar-refractivity contribution is 7.97. The number of hydrogen-bond acceptors (Lipinski definition) is 4. The maximum atomic E-state index is 13.1. The third kappa shape index (κ3) is 4.83. The van der Waals surface area contributed by atoms with Crippen LogP contribution in [0.5, 0.6) is 0 Å². The largest absolute Gasteiger partial charge is 0.416 e. The topological polar surface area (TPSA) is 37.8 Å². The fourth-order valence-corrected chi connectivity index (χ4v) is 2.40. The van der Waals surface area contributed by atoms with Crippen LogP contribution in [-0.4, -0.2) is 16.1 Å². The van der Waals surface area contributed by atoms with Gasteiger partial charge in [0.15, 0.2) is 0 Å². The lowest BCUT2D eigenvalue weighted by Crippen LogP contribution is -2.30. The first-order valence-electron chi connectivity index (χ1n) is 6.09. The monoisotopic (exact) mass is 353 g/mol. The van der Waals surface area contributed by atoms with Crippen LogP contribution in [0.2, 0.25) is 0 Å². The Bertz CT molecular complexity index is 627. The summed E-state index contributed by atoms with van der Waals surface area (Å²) in [5.74, 6) is 0. The van der Waals surface area contributed by atoms with Gasteiger partial charge >= 0.3 is 12.4 Å². The number of nitrogens with zero attached hydrogens (tertiary/aromatic N) is 2. The van der Waals surface area contributed by atoms with Crippen LogP contribution in [0, 0.1) is 0 Å². The van der Waals surface area contributed by atoms with Crippen molar-refractivity contribution in [2.45, 2.75) is 23.3 Å². The molecule has 1 aromatic carbocycles. The zero-order chi connectivity index (χ0) is 17.1. The second-order valence-corrected chi connectivity index (χ2v) is 5.30. The molecule has 2 aromatic rings. The van der Waals surface area contributed by atoms with Gasteiger partial charge in [-0.2, -0.15) is 26.3 Å². The minimum Gasteiger partial charge on any atom is -0.244 e. The molecule has 0 aliphatic heterocycles. The Morgan fingerprint density at radius 2 is 1.48 bits per heavy atom. The predicted molar refractivity (Wildman–Crippen MR) is 71.3 cm³/mol. The summed E-state index contributed by atoms with van der Waals surface area (Å²) in [5.41, 5.74) is -1.33. The highest BCUT2D eigenvalue weighted by atomic mass is 32.2. The number of nitrogens with one attached hydrogen (secondary N) is 1. The molecule has 0 spiro atoms. The number of halogens is 6. The van der Waals surface area contributed by atoms with Gasteiger partial charge in [0.1, 0.15) is 12.4 Å². The van der Waals surface area contributed by atoms with E-state index in [9.17, 15) is 26.3 Å². The maximum absolute atomic E-state index is 13.1. The van der Waals surface area contributed by atoms with Gasteiger partial charge in [0.2, 0.25) is 0 Å². The first-order valence-corrected chi connectivity index (χ1v) is 6.91. The highest BCUT2D eigenvalue weighted by Crippen LogP contribution is 2.36. The fourth-order valence-electron chi connectivity index (χ4n) is 1.65. The second-order valence-electron chi connectivity index (χ2n) is 4.39. The molecule has 0 saturated carbocycles. The van der Waals surface area contributed by atoms with E-state index in [-0.39, 0.29) is 5.56 Å². The van der Waals surface area contributed by atoms with Crippen LogP contribution in [0.1, 0.15) is 17.2 Å². The van der Waals surface area contributed by atoms with Gasteiger partial charge in [0.25, 0.3) is 0 Å². The van der Waals surface area contributed by atoms with Crippen molar-refractivity contribution in [1.82, 2.24) is 14.7 Å². The van der Waals surface area contributed by atoms with Crippen molar-refractivity contribution in [1.29, 1.82) is 0 Å². The minimum absolute atomic E-state index is 0.324. The van der Waals surface area contributed by atoms with Crippen LogP contribution in [0.15, 0.2) is 47.9 Å². The Morgan fingerprint density at radius 1 is 0.913 bits per heavy atom. The number of benzene rings is 1. The van der Waals surface area contributed by atoms with E-state index in [1.54, 1.807) is 0 Å². The molecule has 1 N–H and O–H groups in total. The van der Waals surface area contributed by atoms with E-state index in [2.05, 4.69) is 14.7 Å². The molecule has 0 aliphatic rings. The number of hydrogen-bond donors (Lipinski definition) is 1. The normalized spacial score (nSPS) is 13.8. The summed E-state index contributed by atoms with van der Waals surface area (Å²) in [7, 11) is 0. The summed E-state index contributed by atoms with van der Waals surface area (Å²) in [6.45, 7) is 0. The molecule has 0 amide bonds. The molecule has 0 unspecified atom stereocenters. The quantitative estimate of drug-likeness (QED) is 0.653. The Morgan fingerprint density at radius 3 is 1.96 bits per heavy atom. The van der Waals surface area contributed by atoms with Gasteiger partial charge in [-0.15, -0.1) is 0 Å². The molecule has 1 heterocycles. The third-order valence-corrected chi connectivity index (χ3v) is 3.53. The second kappa shape index (κ2) is 6.75. The Hall–Kier alpha value is -1.81. The summed E-state index contributed by atoms with van der Waals surface area (Å²) < 4.78 is 78.9. The van der Waals surface area contributed by atoms with E-state index in [0.717, 1.165) is 12.1 Å². The summed E-state index contributed by atoms with van der Waals surface area (Å²) in [6.07, 6.45) is -5.44. The molecule has 0 aliphatic carbocycles. The standard InChI is InChI=1S/C13H9F6N3S/c14-12(15,16)9-3-1-8(2-4-9)11(13(17,18)19)22-23-10-5-20-7-21-6-10/h1-7,11,22H/t11-/m1/s1. The molecule has 124 valence electrons. The Balaban J connectivity index is 2.19. The Kier molecular flexibility index (Phi) is 5.15. The number of aromatic nitrogens is 2. The van der Waals surface area contributed by atoms with E-state index in [0.29, 0.717) is 29.0 Å². The average molecular weight is 353 g/mol. The number of alkyl halides is 6. The van der Waals surface area contributed by atoms with Gasteiger partial charge in [-0.1, -0.05) is 12.1 Å². The molecule has 10 heteroatoms. The summed E-state index contributed by atoms with van der Waals surface area (Å²) >= 11 is 0.643. The van der Waals surface area contributed by atoms with Gasteiger partial charge in [-0.05, 0) is 29.6 Å². The number of rotatable bonds is 4. The van der Waals surface area contributed by atoms with E-state index < -0.39 is 24.0 Å². The van der Waals surface area contributed by atoms with Crippen LogP contribution in [0.3, 0.4) is 0 Å². The molecule has 1 atom stereocenters. The van der Waals surface area contributed by atoms with Crippen molar-refractivity contribution in [3.63, 3.8) is 0 Å². The lowest BCUT2D eigenvalue weighted by Gasteiger charge is -2.21. The van der Waals surface area contributed by atoms with Crippen molar-refractivity contribution in [2.24, 2.45) is 0 Å². The molecule has 1 aromatic heterocycles. The SMILES string of the molecule is FC(F)(F)c1ccc([C@@H](NSc2cncnc2)C(F)(F)F)cc1. The molecule has 0 saturated heterocycles. The van der Waals surface area contributed by atoms with Crippen LogP contribution < -0.4 is 4.72 Å². The maximum Gasteiger partial charge on any atom is 0.416 e. The van der Waals surface area contributed by atoms with E-state index in [4.69, 9.17) is 0 Å². The van der Waals surface area contributed by atoms with Gasteiger partial charge < -0.3 is 0 Å². The van der Waals surface area contributed by atoms with Crippen LogP contribution in [0.25, 0.3) is 0 Å². The summed E-state index contributed by atoms with van der Waals surface area (Å²) in [5, 5.41) is 0. The van der Waals surface area contributed by atoms with E-state index in [1.807, 2.05) is 0 Å². The van der Waals surface area contributed by atoms with Crippen LogP contribution in [0.4, 0.5) is 26.3 Å². The van der Waals surface area contributed by atoms with Crippen molar-refractivity contribution in [2.75, 3.05) is 0 Å². The summed E-state index contributed by atoms with van der Waals surface area (Å²) in [6, 6.07) is 0.708. The van der Waals surface area contributed by atoms with Gasteiger partial charge in [0.05, 0.1) is 10.5 Å². The van der Waals surface area contributed by atoms with Crippen molar-refractivity contribution in [3.8, 4) is 0 Å². The molecule has 0 radical (unpaired) electrons. The van der Waals surface area contributed by atoms with Crippen molar-refractivity contribution < 1.29 is 26.3 Å². The Labute approximate surface area is 131 Å². The van der Waals surface area contributed by atoms with Gasteiger partial charge in [-0.3, -0.25) is 0 Å². The van der Waals surface area contributed by atoms with Gasteiger partial charge in [-0.25, -0.2) is 14.7 Å². The zero-order valence-corrected chi connectivity index (χ0v) is 12.0. The smallest absolute Gasteiger partial charge is 0.244 e. The van der Waals surface area contributed by atoms with E-state index >= 15 is 0 Å². The predicted octanol–water partition coefficient (Wildman–Crippen LogP) is 4.40. The van der Waals surface area contributed by atoms with Crippen LogP contribution >= 0.6 is 11.9 Å². The zero-order valence-electron chi connectivity index (χ0n) is 11.2. The molecule has 0 fully saturated rings. The molecule has 23 heavy (non-hydrogen) atoms. The molecule has 0 bridgehead atoms. The lowest BCUT2D eigenvalue weighted by atomic mass is 10.1. The summed E-state index contributed by atoms with van der Waals surface area (Å²) in [4.78, 5) is 7.66. The van der Waals surface area contributed by atoms with Crippen molar-refractivity contribution >= 4 is 11.9 Å². The minimum atomic E-state index is -4.68. The third-order valence-electron chi connectivity index (χ3n) is 2.73. The first-order chi connectivity index (χ1) is 10.7. The highest BCUT2D eigenvalue weighted by Gasteiger charge is 2.41. The molecule has 2 rings (SSSR count). The fraction of sp³-hybridized carbons (Fsp3) is 0.231. The molecular formula is C13H9F6N3S. The van der Waals surface area contributed by atoms with Gasteiger partial charge in [0, 0.05) is 12.4 Å². The molecule has 3 nitrogen and oxygen atoms in total. The first kappa shape index (κ1) is 17.5. The van der Waals surface area contributed by atoms with Crippen molar-refractivity contribution in [3.05, 3.63) is 54.1 Å².